The van der Waals surface area contributed by atoms with Gasteiger partial charge >= 0.3 is 6.03 Å². The summed E-state index contributed by atoms with van der Waals surface area (Å²) in [5.41, 5.74) is 4.53. The lowest BCUT2D eigenvalue weighted by molar-refractivity contribution is -0.0154. The van der Waals surface area contributed by atoms with Crippen molar-refractivity contribution in [2.45, 2.75) is 32.8 Å². The van der Waals surface area contributed by atoms with E-state index in [4.69, 9.17) is 4.74 Å². The molecule has 0 bridgehead atoms. The Morgan fingerprint density at radius 3 is 2.88 bits per heavy atom. The lowest BCUT2D eigenvalue weighted by atomic mass is 10.1. The van der Waals surface area contributed by atoms with Crippen molar-refractivity contribution in [3.63, 3.8) is 0 Å². The summed E-state index contributed by atoms with van der Waals surface area (Å²) in [6, 6.07) is 10.1. The van der Waals surface area contributed by atoms with E-state index in [2.05, 4.69) is 15.5 Å². The molecule has 0 radical (unpaired) electrons. The highest BCUT2D eigenvalue weighted by atomic mass is 16.5. The quantitative estimate of drug-likeness (QED) is 0.821. The van der Waals surface area contributed by atoms with Gasteiger partial charge in [0.05, 0.1) is 18.8 Å². The molecule has 1 fully saturated rings. The fraction of sp³-hybridized carbons (Fsp3) is 0.474. The molecule has 0 spiro atoms. The number of hydrogen-bond acceptors (Lipinski definition) is 3. The van der Waals surface area contributed by atoms with Gasteiger partial charge in [0, 0.05) is 18.8 Å². The second-order valence-corrected chi connectivity index (χ2v) is 6.46. The first-order valence-corrected chi connectivity index (χ1v) is 8.85. The second-order valence-electron chi connectivity index (χ2n) is 6.46. The summed E-state index contributed by atoms with van der Waals surface area (Å²) in [4.78, 5) is 14.3. The number of aromatic amines is 1. The number of ether oxygens (including phenoxy) is 1. The molecule has 6 heteroatoms. The molecule has 0 saturated carbocycles. The van der Waals surface area contributed by atoms with Crippen molar-refractivity contribution in [1.29, 1.82) is 0 Å². The van der Waals surface area contributed by atoms with Gasteiger partial charge in [-0.15, -0.1) is 0 Å². The molecule has 134 valence electrons. The van der Waals surface area contributed by atoms with Crippen LogP contribution in [-0.2, 0) is 11.2 Å². The molecule has 1 atom stereocenters. The van der Waals surface area contributed by atoms with Gasteiger partial charge in [-0.25, -0.2) is 4.79 Å². The topological polar surface area (TPSA) is 70.2 Å². The Labute approximate surface area is 148 Å². The number of carbonyl (C=O) groups excluding carboxylic acids is 1. The summed E-state index contributed by atoms with van der Waals surface area (Å²) in [6.45, 7) is 6.50. The highest BCUT2D eigenvalue weighted by Crippen LogP contribution is 2.21. The normalized spacial score (nSPS) is 17.5. The van der Waals surface area contributed by atoms with Crippen LogP contribution >= 0.6 is 0 Å². The molecule has 0 unspecified atom stereocenters. The molecule has 3 rings (SSSR count). The summed E-state index contributed by atoms with van der Waals surface area (Å²) in [5.74, 6) is 0. The number of amides is 2. The zero-order valence-electron chi connectivity index (χ0n) is 14.9. The van der Waals surface area contributed by atoms with Crippen LogP contribution in [0.1, 0.15) is 35.0 Å². The fourth-order valence-corrected chi connectivity index (χ4v) is 3.22. The summed E-state index contributed by atoms with van der Waals surface area (Å²) in [7, 11) is 0. The van der Waals surface area contributed by atoms with Crippen LogP contribution in [0.5, 0.6) is 0 Å². The standard InChI is InChI=1S/C19H26N4O2/c1-14-17(15(2)22-21-14)9-6-10-20-19(24)23-11-12-25-18(13-23)16-7-4-3-5-8-16/h3-5,7-8,18H,6,9-13H2,1-2H3,(H,20,24)(H,21,22)/t18-/m1/s1. The Morgan fingerprint density at radius 2 is 2.16 bits per heavy atom. The van der Waals surface area contributed by atoms with Gasteiger partial charge < -0.3 is 15.0 Å². The Balaban J connectivity index is 1.45. The minimum Gasteiger partial charge on any atom is -0.370 e. The van der Waals surface area contributed by atoms with Crippen LogP contribution in [0.2, 0.25) is 0 Å². The monoisotopic (exact) mass is 342 g/mol. The van der Waals surface area contributed by atoms with Crippen molar-refractivity contribution in [2.75, 3.05) is 26.2 Å². The number of nitrogens with one attached hydrogen (secondary N) is 2. The molecule has 1 aromatic heterocycles. The molecule has 6 nitrogen and oxygen atoms in total. The smallest absolute Gasteiger partial charge is 0.317 e. The molecule has 25 heavy (non-hydrogen) atoms. The molecule has 1 aliphatic rings. The maximum atomic E-state index is 12.4. The zero-order valence-corrected chi connectivity index (χ0v) is 14.9. The van der Waals surface area contributed by atoms with E-state index in [1.54, 1.807) is 0 Å². The van der Waals surface area contributed by atoms with Gasteiger partial charge in [-0.1, -0.05) is 30.3 Å². The average Bonchev–Trinajstić information content (AvgIpc) is 2.97. The van der Waals surface area contributed by atoms with Crippen molar-refractivity contribution >= 4 is 6.03 Å². The van der Waals surface area contributed by atoms with E-state index in [0.29, 0.717) is 26.2 Å². The molecule has 1 saturated heterocycles. The van der Waals surface area contributed by atoms with Crippen molar-refractivity contribution in [2.24, 2.45) is 0 Å². The lowest BCUT2D eigenvalue weighted by Gasteiger charge is -2.33. The number of aromatic nitrogens is 2. The number of rotatable bonds is 5. The number of morpholine rings is 1. The van der Waals surface area contributed by atoms with Gasteiger partial charge in [0.15, 0.2) is 0 Å². The van der Waals surface area contributed by atoms with E-state index < -0.39 is 0 Å². The van der Waals surface area contributed by atoms with Crippen LogP contribution in [-0.4, -0.2) is 47.4 Å². The van der Waals surface area contributed by atoms with E-state index in [1.165, 1.54) is 5.56 Å². The molecule has 2 amide bonds. The third kappa shape index (κ3) is 4.39. The summed E-state index contributed by atoms with van der Waals surface area (Å²) >= 11 is 0. The Kier molecular flexibility index (Phi) is 5.71. The molecule has 2 heterocycles. The zero-order chi connectivity index (χ0) is 17.6. The SMILES string of the molecule is Cc1n[nH]c(C)c1CCCNC(=O)N1CCO[C@@H](c2ccccc2)C1. The van der Waals surface area contributed by atoms with Crippen LogP contribution in [0, 0.1) is 13.8 Å². The third-order valence-corrected chi connectivity index (χ3v) is 4.69. The van der Waals surface area contributed by atoms with Gasteiger partial charge in [0.25, 0.3) is 0 Å². The number of benzene rings is 1. The van der Waals surface area contributed by atoms with Gasteiger partial charge in [-0.05, 0) is 37.8 Å². The average molecular weight is 342 g/mol. The summed E-state index contributed by atoms with van der Waals surface area (Å²) in [6.07, 6.45) is 1.78. The van der Waals surface area contributed by atoms with Crippen LogP contribution < -0.4 is 5.32 Å². The second kappa shape index (κ2) is 8.16. The molecular formula is C19H26N4O2. The number of nitrogens with zero attached hydrogens (tertiary/aromatic N) is 2. The predicted molar refractivity (Wildman–Crippen MR) is 96.5 cm³/mol. The maximum Gasteiger partial charge on any atom is 0.317 e. The van der Waals surface area contributed by atoms with Crippen molar-refractivity contribution in [1.82, 2.24) is 20.4 Å². The number of H-pyrrole nitrogens is 1. The number of carbonyl (C=O) groups is 1. The van der Waals surface area contributed by atoms with Gasteiger partial charge in [0.2, 0.25) is 0 Å². The maximum absolute atomic E-state index is 12.4. The predicted octanol–water partition coefficient (Wildman–Crippen LogP) is 2.74. The first kappa shape index (κ1) is 17.5. The number of hydrogen-bond donors (Lipinski definition) is 2. The van der Waals surface area contributed by atoms with Crippen molar-refractivity contribution in [3.8, 4) is 0 Å². The Bertz CT molecular complexity index is 679. The highest BCUT2D eigenvalue weighted by Gasteiger charge is 2.25. The fourth-order valence-electron chi connectivity index (χ4n) is 3.22. The van der Waals surface area contributed by atoms with Gasteiger partial charge in [-0.2, -0.15) is 5.10 Å². The van der Waals surface area contributed by atoms with E-state index >= 15 is 0 Å². The highest BCUT2D eigenvalue weighted by molar-refractivity contribution is 5.74. The Morgan fingerprint density at radius 1 is 1.36 bits per heavy atom. The molecular weight excluding hydrogens is 316 g/mol. The van der Waals surface area contributed by atoms with Crippen LogP contribution in [0.4, 0.5) is 4.79 Å². The van der Waals surface area contributed by atoms with E-state index in [-0.39, 0.29) is 12.1 Å². The van der Waals surface area contributed by atoms with Crippen LogP contribution in [0.15, 0.2) is 30.3 Å². The number of aryl methyl sites for hydroxylation is 2. The van der Waals surface area contributed by atoms with Crippen LogP contribution in [0.3, 0.4) is 0 Å². The van der Waals surface area contributed by atoms with E-state index in [9.17, 15) is 4.79 Å². The van der Waals surface area contributed by atoms with Crippen molar-refractivity contribution < 1.29 is 9.53 Å². The lowest BCUT2D eigenvalue weighted by Crippen LogP contribution is -2.47. The van der Waals surface area contributed by atoms with Gasteiger partial charge in [-0.3, -0.25) is 5.10 Å². The van der Waals surface area contributed by atoms with Gasteiger partial charge in [0.1, 0.15) is 6.10 Å². The molecule has 0 aliphatic carbocycles. The largest absolute Gasteiger partial charge is 0.370 e. The van der Waals surface area contributed by atoms with Crippen LogP contribution in [0.25, 0.3) is 0 Å². The summed E-state index contributed by atoms with van der Waals surface area (Å²) in [5, 5.41) is 10.2. The van der Waals surface area contributed by atoms with Crippen molar-refractivity contribution in [3.05, 3.63) is 52.8 Å². The minimum atomic E-state index is -0.0445. The third-order valence-electron chi connectivity index (χ3n) is 4.69. The van der Waals surface area contributed by atoms with E-state index in [0.717, 1.165) is 29.8 Å². The van der Waals surface area contributed by atoms with E-state index in [1.807, 2.05) is 49.1 Å². The molecule has 2 N–H and O–H groups in total. The molecule has 1 aliphatic heterocycles. The first-order valence-electron chi connectivity index (χ1n) is 8.85. The Hall–Kier alpha value is -2.34. The molecule has 2 aromatic rings. The summed E-state index contributed by atoms with van der Waals surface area (Å²) < 4.78 is 5.81. The number of urea groups is 1. The first-order chi connectivity index (χ1) is 12.1. The molecule has 1 aromatic carbocycles. The minimum absolute atomic E-state index is 0.00938.